The number of carbonyl (C=O) groups excluding carboxylic acids is 1. The fourth-order valence-corrected chi connectivity index (χ4v) is 3.54. The molecule has 0 spiro atoms. The fourth-order valence-electron chi connectivity index (χ4n) is 3.54. The predicted octanol–water partition coefficient (Wildman–Crippen LogP) is 4.69. The molecule has 6 heteroatoms. The summed E-state index contributed by atoms with van der Waals surface area (Å²) in [6.07, 6.45) is 2.52. The van der Waals surface area contributed by atoms with Crippen LogP contribution < -0.4 is 15.5 Å². The number of rotatable bonds is 5. The van der Waals surface area contributed by atoms with E-state index in [1.165, 1.54) is 18.5 Å². The van der Waals surface area contributed by atoms with Crippen LogP contribution >= 0.6 is 0 Å². The minimum atomic E-state index is -0.256. The lowest BCUT2D eigenvalue weighted by Crippen LogP contribution is -2.17. The Morgan fingerprint density at radius 1 is 0.931 bits per heavy atom. The van der Waals surface area contributed by atoms with Gasteiger partial charge in [0.25, 0.3) is 5.91 Å². The zero-order chi connectivity index (χ0) is 20.2. The van der Waals surface area contributed by atoms with E-state index in [4.69, 9.17) is 0 Å². The van der Waals surface area contributed by atoms with Gasteiger partial charge in [0, 0.05) is 36.2 Å². The lowest BCUT2D eigenvalue weighted by Gasteiger charge is -2.18. The van der Waals surface area contributed by atoms with Crippen LogP contribution in [0.2, 0.25) is 0 Å². The Balaban J connectivity index is 1.48. The summed E-state index contributed by atoms with van der Waals surface area (Å²) in [5, 5.41) is 6.17. The standard InChI is InChI=1S/C23H25N5O/c1-16-6-5-7-19(14-16)27-23(29)21-15-22(25-17(2)24-21)26-18-8-10-20(11-9-18)28-12-3-4-13-28/h5-11,14-15H,3-4,12-13H2,1-2H3,(H,27,29)(H,24,25,26). The smallest absolute Gasteiger partial charge is 0.274 e. The zero-order valence-electron chi connectivity index (χ0n) is 16.8. The van der Waals surface area contributed by atoms with E-state index >= 15 is 0 Å². The number of carbonyl (C=O) groups is 1. The summed E-state index contributed by atoms with van der Waals surface area (Å²) in [5.41, 5.74) is 4.33. The highest BCUT2D eigenvalue weighted by molar-refractivity contribution is 6.03. The molecular formula is C23H25N5O. The number of aryl methyl sites for hydroxylation is 2. The molecule has 1 aliphatic heterocycles. The molecule has 29 heavy (non-hydrogen) atoms. The van der Waals surface area contributed by atoms with Crippen LogP contribution in [0.25, 0.3) is 0 Å². The van der Waals surface area contributed by atoms with E-state index < -0.39 is 0 Å². The van der Waals surface area contributed by atoms with Crippen molar-refractivity contribution in [2.45, 2.75) is 26.7 Å². The van der Waals surface area contributed by atoms with Crippen molar-refractivity contribution in [1.29, 1.82) is 0 Å². The highest BCUT2D eigenvalue weighted by Gasteiger charge is 2.13. The average Bonchev–Trinajstić information content (AvgIpc) is 3.23. The van der Waals surface area contributed by atoms with E-state index in [1.807, 2.05) is 43.3 Å². The van der Waals surface area contributed by atoms with Crippen LogP contribution in [0.1, 0.15) is 34.7 Å². The molecule has 2 N–H and O–H groups in total. The molecule has 0 atom stereocenters. The maximum atomic E-state index is 12.6. The molecule has 6 nitrogen and oxygen atoms in total. The normalized spacial score (nSPS) is 13.4. The molecule has 148 valence electrons. The van der Waals surface area contributed by atoms with Gasteiger partial charge in [-0.3, -0.25) is 4.79 Å². The van der Waals surface area contributed by atoms with Crippen molar-refractivity contribution in [2.75, 3.05) is 28.6 Å². The van der Waals surface area contributed by atoms with Crippen LogP contribution in [0.4, 0.5) is 22.9 Å². The molecule has 1 aromatic heterocycles. The summed E-state index contributed by atoms with van der Waals surface area (Å²) in [6.45, 7) is 6.02. The van der Waals surface area contributed by atoms with Gasteiger partial charge in [-0.1, -0.05) is 12.1 Å². The maximum Gasteiger partial charge on any atom is 0.274 e. The molecule has 2 aromatic carbocycles. The van der Waals surface area contributed by atoms with Gasteiger partial charge in [-0.05, 0) is 68.7 Å². The quantitative estimate of drug-likeness (QED) is 0.665. The molecule has 1 aliphatic rings. The van der Waals surface area contributed by atoms with Gasteiger partial charge in [-0.25, -0.2) is 9.97 Å². The molecule has 0 unspecified atom stereocenters. The van der Waals surface area contributed by atoms with Crippen LogP contribution in [0.3, 0.4) is 0 Å². The third kappa shape index (κ3) is 4.71. The minimum Gasteiger partial charge on any atom is -0.372 e. The summed E-state index contributed by atoms with van der Waals surface area (Å²) >= 11 is 0. The third-order valence-electron chi connectivity index (χ3n) is 4.96. The lowest BCUT2D eigenvalue weighted by atomic mass is 10.2. The minimum absolute atomic E-state index is 0.256. The predicted molar refractivity (Wildman–Crippen MR) is 117 cm³/mol. The molecule has 3 aromatic rings. The van der Waals surface area contributed by atoms with Crippen molar-refractivity contribution in [3.05, 3.63) is 71.7 Å². The number of aromatic nitrogens is 2. The van der Waals surface area contributed by atoms with Gasteiger partial charge >= 0.3 is 0 Å². The summed E-state index contributed by atoms with van der Waals surface area (Å²) < 4.78 is 0. The highest BCUT2D eigenvalue weighted by Crippen LogP contribution is 2.24. The average molecular weight is 387 g/mol. The molecule has 1 saturated heterocycles. The monoisotopic (exact) mass is 387 g/mol. The van der Waals surface area contributed by atoms with Gasteiger partial charge in [-0.2, -0.15) is 0 Å². The number of benzene rings is 2. The van der Waals surface area contributed by atoms with Crippen molar-refractivity contribution in [2.24, 2.45) is 0 Å². The van der Waals surface area contributed by atoms with E-state index in [0.717, 1.165) is 30.0 Å². The number of anilines is 4. The first-order valence-electron chi connectivity index (χ1n) is 9.92. The zero-order valence-corrected chi connectivity index (χ0v) is 16.8. The van der Waals surface area contributed by atoms with Gasteiger partial charge in [0.1, 0.15) is 17.3 Å². The Bertz CT molecular complexity index is 1010. The van der Waals surface area contributed by atoms with Crippen LogP contribution in [0.15, 0.2) is 54.6 Å². The van der Waals surface area contributed by atoms with Crippen molar-refractivity contribution >= 4 is 28.8 Å². The van der Waals surface area contributed by atoms with Gasteiger partial charge < -0.3 is 15.5 Å². The second-order valence-corrected chi connectivity index (χ2v) is 7.38. The van der Waals surface area contributed by atoms with E-state index in [-0.39, 0.29) is 5.91 Å². The van der Waals surface area contributed by atoms with E-state index in [0.29, 0.717) is 17.3 Å². The number of hydrogen-bond donors (Lipinski definition) is 2. The molecule has 1 amide bonds. The molecule has 1 fully saturated rings. The number of hydrogen-bond acceptors (Lipinski definition) is 5. The Kier molecular flexibility index (Phi) is 5.42. The molecular weight excluding hydrogens is 362 g/mol. The Hall–Kier alpha value is -3.41. The molecule has 0 bridgehead atoms. The SMILES string of the molecule is Cc1cccc(NC(=O)c2cc(Nc3ccc(N4CCCC4)cc3)nc(C)n2)c1. The van der Waals surface area contributed by atoms with Gasteiger partial charge in [0.05, 0.1) is 0 Å². The van der Waals surface area contributed by atoms with Gasteiger partial charge in [0.15, 0.2) is 0 Å². The number of nitrogens with zero attached hydrogens (tertiary/aromatic N) is 3. The van der Waals surface area contributed by atoms with Crippen LogP contribution in [0, 0.1) is 13.8 Å². The van der Waals surface area contributed by atoms with Crippen LogP contribution in [-0.4, -0.2) is 29.0 Å². The molecule has 0 saturated carbocycles. The lowest BCUT2D eigenvalue weighted by molar-refractivity contribution is 0.102. The van der Waals surface area contributed by atoms with E-state index in [2.05, 4.69) is 37.6 Å². The molecule has 2 heterocycles. The summed E-state index contributed by atoms with van der Waals surface area (Å²) in [7, 11) is 0. The highest BCUT2D eigenvalue weighted by atomic mass is 16.1. The second kappa shape index (κ2) is 8.31. The molecule has 0 aliphatic carbocycles. The van der Waals surface area contributed by atoms with E-state index in [9.17, 15) is 4.79 Å². The van der Waals surface area contributed by atoms with Crippen molar-refractivity contribution in [3.63, 3.8) is 0 Å². The molecule has 0 radical (unpaired) electrons. The largest absolute Gasteiger partial charge is 0.372 e. The maximum absolute atomic E-state index is 12.6. The first-order chi connectivity index (χ1) is 14.1. The van der Waals surface area contributed by atoms with Crippen LogP contribution in [-0.2, 0) is 0 Å². The summed E-state index contributed by atoms with van der Waals surface area (Å²) in [5.74, 6) is 0.882. The van der Waals surface area contributed by atoms with Gasteiger partial charge in [-0.15, -0.1) is 0 Å². The van der Waals surface area contributed by atoms with Crippen LogP contribution in [0.5, 0.6) is 0 Å². The van der Waals surface area contributed by atoms with Crippen molar-refractivity contribution in [3.8, 4) is 0 Å². The Morgan fingerprint density at radius 2 is 1.69 bits per heavy atom. The van der Waals surface area contributed by atoms with Crippen molar-refractivity contribution < 1.29 is 4.79 Å². The number of amides is 1. The summed E-state index contributed by atoms with van der Waals surface area (Å²) in [6, 6.07) is 17.7. The van der Waals surface area contributed by atoms with E-state index in [1.54, 1.807) is 13.0 Å². The molecule has 4 rings (SSSR count). The second-order valence-electron chi connectivity index (χ2n) is 7.38. The third-order valence-corrected chi connectivity index (χ3v) is 4.96. The first-order valence-corrected chi connectivity index (χ1v) is 9.92. The van der Waals surface area contributed by atoms with Gasteiger partial charge in [0.2, 0.25) is 0 Å². The van der Waals surface area contributed by atoms with Crippen molar-refractivity contribution in [1.82, 2.24) is 9.97 Å². The first kappa shape index (κ1) is 18.9. The summed E-state index contributed by atoms with van der Waals surface area (Å²) in [4.78, 5) is 23.7. The Morgan fingerprint density at radius 3 is 2.41 bits per heavy atom. The number of nitrogens with one attached hydrogen (secondary N) is 2. The Labute approximate surface area is 171 Å². The topological polar surface area (TPSA) is 70.2 Å². The fraction of sp³-hybridized carbons (Fsp3) is 0.261.